The Morgan fingerprint density at radius 3 is 2.54 bits per heavy atom. The first kappa shape index (κ1) is 19.5. The topological polar surface area (TPSA) is 42.1 Å². The van der Waals surface area contributed by atoms with Gasteiger partial charge in [-0.2, -0.15) is 0 Å². The van der Waals surface area contributed by atoms with Crippen molar-refractivity contribution in [1.29, 1.82) is 0 Å². The Bertz CT molecular complexity index is 881. The van der Waals surface area contributed by atoms with E-state index in [1.165, 1.54) is 0 Å². The minimum Gasteiger partial charge on any atom is -0.438 e. The molecule has 148 valence electrons. The summed E-state index contributed by atoms with van der Waals surface area (Å²) in [6.07, 6.45) is 1.19. The third kappa shape index (κ3) is 3.70. The van der Waals surface area contributed by atoms with Gasteiger partial charge in [-0.25, -0.2) is 4.79 Å². The van der Waals surface area contributed by atoms with E-state index in [-0.39, 0.29) is 17.7 Å². The molecule has 2 fully saturated rings. The van der Waals surface area contributed by atoms with E-state index in [9.17, 15) is 4.79 Å². The van der Waals surface area contributed by atoms with Gasteiger partial charge in [0.05, 0.1) is 18.2 Å². The van der Waals surface area contributed by atoms with E-state index in [0.717, 1.165) is 34.2 Å². The van der Waals surface area contributed by atoms with Crippen molar-refractivity contribution in [2.24, 2.45) is 0 Å². The van der Waals surface area contributed by atoms with Crippen LogP contribution >= 0.6 is 15.9 Å². The van der Waals surface area contributed by atoms with E-state index < -0.39 is 5.60 Å². The molecule has 0 radical (unpaired) electrons. The minimum absolute atomic E-state index is 0.0397. The Kier molecular flexibility index (Phi) is 5.00. The van der Waals surface area contributed by atoms with Crippen molar-refractivity contribution < 1.29 is 14.3 Å². The maximum atomic E-state index is 13.1. The van der Waals surface area contributed by atoms with Crippen LogP contribution in [0.15, 0.2) is 53.0 Å². The number of rotatable bonds is 5. The summed E-state index contributed by atoms with van der Waals surface area (Å²) in [7, 11) is 0. The highest BCUT2D eigenvalue weighted by Crippen LogP contribution is 2.46. The predicted octanol–water partition coefficient (Wildman–Crippen LogP) is 5.74. The Morgan fingerprint density at radius 2 is 1.93 bits per heavy atom. The van der Waals surface area contributed by atoms with Crippen LogP contribution in [0, 0.1) is 6.92 Å². The molecule has 2 saturated heterocycles. The van der Waals surface area contributed by atoms with Gasteiger partial charge in [-0.1, -0.05) is 52.3 Å². The highest BCUT2D eigenvalue weighted by Gasteiger charge is 2.52. The molecule has 2 aliphatic rings. The molecule has 28 heavy (non-hydrogen) atoms. The maximum Gasteiger partial charge on any atom is 0.411 e. The summed E-state index contributed by atoms with van der Waals surface area (Å²) in [6.45, 7) is 7.60. The molecular formula is C23H26BrNO3. The number of amides is 1. The van der Waals surface area contributed by atoms with Crippen molar-refractivity contribution in [2.75, 3.05) is 13.2 Å². The summed E-state index contributed by atoms with van der Waals surface area (Å²) in [4.78, 5) is 15.0. The average Bonchev–Trinajstić information content (AvgIpc) is 3.38. The third-order valence-corrected chi connectivity index (χ3v) is 6.51. The fourth-order valence-corrected chi connectivity index (χ4v) is 4.77. The quantitative estimate of drug-likeness (QED) is 0.553. The lowest BCUT2D eigenvalue weighted by Crippen LogP contribution is -2.50. The van der Waals surface area contributed by atoms with Crippen LogP contribution in [0.2, 0.25) is 0 Å². The van der Waals surface area contributed by atoms with Gasteiger partial charge >= 0.3 is 6.09 Å². The van der Waals surface area contributed by atoms with Gasteiger partial charge in [0.1, 0.15) is 5.60 Å². The van der Waals surface area contributed by atoms with Crippen molar-refractivity contribution in [3.8, 4) is 0 Å². The second-order valence-corrected chi connectivity index (χ2v) is 9.18. The molecule has 3 atom stereocenters. The van der Waals surface area contributed by atoms with Crippen LogP contribution in [-0.4, -0.2) is 29.7 Å². The zero-order chi connectivity index (χ0) is 19.9. The van der Waals surface area contributed by atoms with Crippen molar-refractivity contribution >= 4 is 22.0 Å². The van der Waals surface area contributed by atoms with Gasteiger partial charge < -0.3 is 14.4 Å². The van der Waals surface area contributed by atoms with Gasteiger partial charge in [0.2, 0.25) is 0 Å². The standard InChI is InChI=1S/C23H26BrNO3/c1-16-13-19(24)9-10-20(16)17(2)25-12-11-23(28-21(25)26,14-22(3)15-27-22)18-7-5-4-6-8-18/h4-10,13,17H,11-12,14-15H2,1-3H3/t17-,22-,23?/m0/s1. The van der Waals surface area contributed by atoms with Crippen molar-refractivity contribution in [1.82, 2.24) is 4.90 Å². The van der Waals surface area contributed by atoms with Crippen LogP contribution in [0.4, 0.5) is 4.79 Å². The maximum absolute atomic E-state index is 13.1. The van der Waals surface area contributed by atoms with E-state index >= 15 is 0 Å². The summed E-state index contributed by atoms with van der Waals surface area (Å²) >= 11 is 3.51. The zero-order valence-corrected chi connectivity index (χ0v) is 18.2. The number of epoxide rings is 1. The summed E-state index contributed by atoms with van der Waals surface area (Å²) in [5.41, 5.74) is 2.52. The third-order valence-electron chi connectivity index (χ3n) is 6.02. The number of nitrogens with zero attached hydrogens (tertiary/aromatic N) is 1. The molecule has 1 unspecified atom stereocenters. The lowest BCUT2D eigenvalue weighted by Gasteiger charge is -2.44. The summed E-state index contributed by atoms with van der Waals surface area (Å²) in [5.74, 6) is 0. The van der Waals surface area contributed by atoms with Crippen LogP contribution in [0.1, 0.15) is 49.4 Å². The molecular weight excluding hydrogens is 418 g/mol. The zero-order valence-electron chi connectivity index (χ0n) is 16.6. The number of ether oxygens (including phenoxy) is 2. The van der Waals surface area contributed by atoms with E-state index in [0.29, 0.717) is 13.0 Å². The van der Waals surface area contributed by atoms with Crippen molar-refractivity contribution in [2.45, 2.75) is 50.9 Å². The first-order valence-electron chi connectivity index (χ1n) is 9.77. The van der Waals surface area contributed by atoms with E-state index in [1.54, 1.807) is 0 Å². The lowest BCUT2D eigenvalue weighted by atomic mass is 9.81. The Hall–Kier alpha value is -1.85. The molecule has 0 N–H and O–H groups in total. The number of hydrogen-bond donors (Lipinski definition) is 0. The minimum atomic E-state index is -0.630. The molecule has 4 nitrogen and oxygen atoms in total. The van der Waals surface area contributed by atoms with Gasteiger partial charge in [-0.3, -0.25) is 0 Å². The molecule has 0 bridgehead atoms. The highest BCUT2D eigenvalue weighted by molar-refractivity contribution is 9.10. The number of halogens is 1. The predicted molar refractivity (Wildman–Crippen MR) is 112 cm³/mol. The van der Waals surface area contributed by atoms with E-state index in [2.05, 4.69) is 61.0 Å². The first-order valence-corrected chi connectivity index (χ1v) is 10.6. The SMILES string of the molecule is Cc1cc(Br)ccc1[C@H](C)N1CCC(C[C@@]2(C)CO2)(c2ccccc2)OC1=O. The fourth-order valence-electron chi connectivity index (χ4n) is 4.30. The van der Waals surface area contributed by atoms with Crippen LogP contribution in [0.3, 0.4) is 0 Å². The molecule has 5 heteroatoms. The number of carbonyl (C=O) groups excluding carboxylic acids is 1. The monoisotopic (exact) mass is 443 g/mol. The highest BCUT2D eigenvalue weighted by atomic mass is 79.9. The summed E-state index contributed by atoms with van der Waals surface area (Å²) in [6, 6.07) is 16.2. The van der Waals surface area contributed by atoms with Gasteiger partial charge in [-0.05, 0) is 49.6 Å². The van der Waals surface area contributed by atoms with Gasteiger partial charge in [0, 0.05) is 23.9 Å². The summed E-state index contributed by atoms with van der Waals surface area (Å²) in [5, 5.41) is 0. The molecule has 2 heterocycles. The normalized spacial score (nSPS) is 28.0. The number of carbonyl (C=O) groups is 1. The molecule has 4 rings (SSSR count). The Labute approximate surface area is 175 Å². The van der Waals surface area contributed by atoms with E-state index in [4.69, 9.17) is 9.47 Å². The molecule has 2 aromatic rings. The van der Waals surface area contributed by atoms with Gasteiger partial charge in [0.15, 0.2) is 0 Å². The number of hydrogen-bond acceptors (Lipinski definition) is 3. The van der Waals surface area contributed by atoms with Crippen molar-refractivity contribution in [3.63, 3.8) is 0 Å². The van der Waals surface area contributed by atoms with Crippen LogP contribution in [0.25, 0.3) is 0 Å². The van der Waals surface area contributed by atoms with Crippen LogP contribution in [0.5, 0.6) is 0 Å². The van der Waals surface area contributed by atoms with Crippen LogP contribution < -0.4 is 0 Å². The Balaban J connectivity index is 1.59. The molecule has 2 aliphatic heterocycles. The molecule has 0 spiro atoms. The van der Waals surface area contributed by atoms with E-state index in [1.807, 2.05) is 29.2 Å². The largest absolute Gasteiger partial charge is 0.438 e. The lowest BCUT2D eigenvalue weighted by molar-refractivity contribution is -0.0751. The molecule has 0 aromatic heterocycles. The van der Waals surface area contributed by atoms with Crippen LogP contribution in [-0.2, 0) is 15.1 Å². The molecule has 1 amide bonds. The second kappa shape index (κ2) is 7.20. The first-order chi connectivity index (χ1) is 13.3. The number of benzene rings is 2. The van der Waals surface area contributed by atoms with Gasteiger partial charge in [0.25, 0.3) is 0 Å². The molecule has 2 aromatic carbocycles. The molecule has 0 saturated carbocycles. The Morgan fingerprint density at radius 1 is 1.21 bits per heavy atom. The second-order valence-electron chi connectivity index (χ2n) is 8.26. The molecule has 0 aliphatic carbocycles. The van der Waals surface area contributed by atoms with Crippen molar-refractivity contribution in [3.05, 3.63) is 69.7 Å². The summed E-state index contributed by atoms with van der Waals surface area (Å²) < 4.78 is 12.9. The fraction of sp³-hybridized carbons (Fsp3) is 0.435. The van der Waals surface area contributed by atoms with Gasteiger partial charge in [-0.15, -0.1) is 0 Å². The smallest absolute Gasteiger partial charge is 0.411 e. The average molecular weight is 444 g/mol. The number of cyclic esters (lactones) is 1. The number of aryl methyl sites for hydroxylation is 1.